The van der Waals surface area contributed by atoms with Gasteiger partial charge in [0.15, 0.2) is 0 Å². The summed E-state index contributed by atoms with van der Waals surface area (Å²) in [6.07, 6.45) is 0.907. The third-order valence-electron chi connectivity index (χ3n) is 2.54. The monoisotopic (exact) mass is 224 g/mol. The van der Waals surface area contributed by atoms with Crippen molar-refractivity contribution in [2.45, 2.75) is 13.3 Å². The number of anilines is 1. The van der Waals surface area contributed by atoms with Gasteiger partial charge in [-0.2, -0.15) is 5.10 Å². The van der Waals surface area contributed by atoms with Gasteiger partial charge in [0.2, 0.25) is 0 Å². The molecule has 1 N–H and O–H groups in total. The van der Waals surface area contributed by atoms with Crippen LogP contribution in [0.4, 0.5) is 5.69 Å². The summed E-state index contributed by atoms with van der Waals surface area (Å²) >= 11 is 0. The Kier molecular flexibility index (Phi) is 3.92. The quantitative estimate of drug-likeness (QED) is 0.618. The van der Waals surface area contributed by atoms with E-state index in [0.717, 1.165) is 17.8 Å². The van der Waals surface area contributed by atoms with Crippen molar-refractivity contribution in [2.75, 3.05) is 5.43 Å². The zero-order chi connectivity index (χ0) is 11.9. The van der Waals surface area contributed by atoms with Gasteiger partial charge in [-0.1, -0.05) is 55.5 Å². The standard InChI is InChI=1S/C15H16N2/c1-2-15(13-9-5-3-6-10-13)17-16-14-11-7-4-8-12-14/h3-12,16H,2H2,1H3/b17-15-. The van der Waals surface area contributed by atoms with Gasteiger partial charge in [0, 0.05) is 0 Å². The van der Waals surface area contributed by atoms with Crippen LogP contribution in [0.3, 0.4) is 0 Å². The van der Waals surface area contributed by atoms with E-state index in [9.17, 15) is 0 Å². The normalized spacial score (nSPS) is 11.2. The SMILES string of the molecule is CC/C(=N/Nc1ccccc1)c1ccccc1. The molecule has 0 radical (unpaired) electrons. The summed E-state index contributed by atoms with van der Waals surface area (Å²) in [7, 11) is 0. The van der Waals surface area contributed by atoms with Crippen molar-refractivity contribution in [3.05, 3.63) is 66.2 Å². The van der Waals surface area contributed by atoms with Crippen molar-refractivity contribution in [2.24, 2.45) is 5.10 Å². The number of nitrogens with one attached hydrogen (secondary N) is 1. The summed E-state index contributed by atoms with van der Waals surface area (Å²) in [5, 5.41) is 4.45. The maximum absolute atomic E-state index is 4.45. The number of hydrogen-bond acceptors (Lipinski definition) is 2. The van der Waals surface area contributed by atoms with Gasteiger partial charge in [-0.25, -0.2) is 0 Å². The lowest BCUT2D eigenvalue weighted by atomic mass is 10.1. The molecule has 17 heavy (non-hydrogen) atoms. The Labute approximate surface area is 102 Å². The van der Waals surface area contributed by atoms with Gasteiger partial charge in [0.25, 0.3) is 0 Å². The molecule has 0 aromatic heterocycles. The number of nitrogens with zero attached hydrogens (tertiary/aromatic N) is 1. The van der Waals surface area contributed by atoms with E-state index >= 15 is 0 Å². The predicted octanol–water partition coefficient (Wildman–Crippen LogP) is 3.91. The molecule has 0 atom stereocenters. The molecule has 2 aromatic carbocycles. The minimum absolute atomic E-state index is 0.907. The molecule has 2 aromatic rings. The Balaban J connectivity index is 2.14. The lowest BCUT2D eigenvalue weighted by molar-refractivity contribution is 1.22. The van der Waals surface area contributed by atoms with E-state index in [1.54, 1.807) is 0 Å². The molecular formula is C15H16N2. The van der Waals surface area contributed by atoms with E-state index < -0.39 is 0 Å². The van der Waals surface area contributed by atoms with Crippen LogP contribution in [0.2, 0.25) is 0 Å². The Bertz CT molecular complexity index is 475. The van der Waals surface area contributed by atoms with Gasteiger partial charge in [-0.15, -0.1) is 0 Å². The average Bonchev–Trinajstić information content (AvgIpc) is 2.42. The van der Waals surface area contributed by atoms with Crippen LogP contribution in [-0.4, -0.2) is 5.71 Å². The van der Waals surface area contributed by atoms with Gasteiger partial charge in [0.1, 0.15) is 0 Å². The molecule has 86 valence electrons. The molecule has 0 unspecified atom stereocenters. The Hall–Kier alpha value is -2.09. The number of para-hydroxylation sites is 1. The van der Waals surface area contributed by atoms with E-state index in [0.29, 0.717) is 0 Å². The molecule has 0 aliphatic carbocycles. The molecule has 0 fully saturated rings. The number of benzene rings is 2. The van der Waals surface area contributed by atoms with Crippen LogP contribution in [0.15, 0.2) is 65.8 Å². The van der Waals surface area contributed by atoms with Crippen LogP contribution in [0.5, 0.6) is 0 Å². The third-order valence-corrected chi connectivity index (χ3v) is 2.54. The summed E-state index contributed by atoms with van der Waals surface area (Å²) in [6.45, 7) is 2.11. The molecule has 2 nitrogen and oxygen atoms in total. The largest absolute Gasteiger partial charge is 0.278 e. The molecule has 0 amide bonds. The topological polar surface area (TPSA) is 24.4 Å². The summed E-state index contributed by atoms with van der Waals surface area (Å²) in [5.74, 6) is 0. The van der Waals surface area contributed by atoms with E-state index in [2.05, 4.69) is 29.6 Å². The van der Waals surface area contributed by atoms with Crippen LogP contribution in [-0.2, 0) is 0 Å². The second-order valence-electron chi connectivity index (χ2n) is 3.76. The number of hydrazone groups is 1. The molecule has 0 aliphatic heterocycles. The van der Waals surface area contributed by atoms with Gasteiger partial charge in [-0.3, -0.25) is 5.43 Å². The van der Waals surface area contributed by atoms with Crippen LogP contribution in [0.25, 0.3) is 0 Å². The smallest absolute Gasteiger partial charge is 0.0676 e. The first-order valence-corrected chi connectivity index (χ1v) is 5.83. The highest BCUT2D eigenvalue weighted by Crippen LogP contribution is 2.08. The van der Waals surface area contributed by atoms with Crippen molar-refractivity contribution >= 4 is 11.4 Å². The lowest BCUT2D eigenvalue weighted by Crippen LogP contribution is -2.02. The fourth-order valence-electron chi connectivity index (χ4n) is 1.62. The lowest BCUT2D eigenvalue weighted by Gasteiger charge is -2.05. The molecule has 0 bridgehead atoms. The van der Waals surface area contributed by atoms with Crippen molar-refractivity contribution < 1.29 is 0 Å². The van der Waals surface area contributed by atoms with Gasteiger partial charge in [0.05, 0.1) is 11.4 Å². The second-order valence-corrected chi connectivity index (χ2v) is 3.76. The van der Waals surface area contributed by atoms with Gasteiger partial charge < -0.3 is 0 Å². The molecule has 2 heteroatoms. The fourth-order valence-corrected chi connectivity index (χ4v) is 1.62. The van der Waals surface area contributed by atoms with Crippen LogP contribution >= 0.6 is 0 Å². The van der Waals surface area contributed by atoms with E-state index in [4.69, 9.17) is 0 Å². The summed E-state index contributed by atoms with van der Waals surface area (Å²) in [4.78, 5) is 0. The minimum Gasteiger partial charge on any atom is -0.278 e. The molecule has 0 saturated heterocycles. The zero-order valence-corrected chi connectivity index (χ0v) is 9.93. The van der Waals surface area contributed by atoms with Crippen molar-refractivity contribution in [1.29, 1.82) is 0 Å². The molecule has 0 heterocycles. The molecule has 0 aliphatic rings. The van der Waals surface area contributed by atoms with E-state index in [1.807, 2.05) is 48.5 Å². The van der Waals surface area contributed by atoms with Crippen molar-refractivity contribution in [1.82, 2.24) is 0 Å². The maximum Gasteiger partial charge on any atom is 0.0676 e. The Morgan fingerprint density at radius 2 is 1.53 bits per heavy atom. The highest BCUT2D eigenvalue weighted by Gasteiger charge is 1.99. The van der Waals surface area contributed by atoms with Crippen molar-refractivity contribution in [3.63, 3.8) is 0 Å². The average molecular weight is 224 g/mol. The zero-order valence-electron chi connectivity index (χ0n) is 9.93. The highest BCUT2D eigenvalue weighted by atomic mass is 15.3. The molecular weight excluding hydrogens is 208 g/mol. The number of rotatable bonds is 4. The van der Waals surface area contributed by atoms with Crippen molar-refractivity contribution in [3.8, 4) is 0 Å². The first-order valence-electron chi connectivity index (χ1n) is 5.83. The summed E-state index contributed by atoms with van der Waals surface area (Å²) in [6, 6.07) is 20.2. The predicted molar refractivity (Wildman–Crippen MR) is 73.3 cm³/mol. The highest BCUT2D eigenvalue weighted by molar-refractivity contribution is 6.00. The summed E-state index contributed by atoms with van der Waals surface area (Å²) < 4.78 is 0. The first-order chi connectivity index (χ1) is 8.40. The van der Waals surface area contributed by atoms with E-state index in [1.165, 1.54) is 5.56 Å². The Morgan fingerprint density at radius 1 is 0.941 bits per heavy atom. The van der Waals surface area contributed by atoms with E-state index in [-0.39, 0.29) is 0 Å². The summed E-state index contributed by atoms with van der Waals surface area (Å²) in [5.41, 5.74) is 6.32. The molecule has 0 spiro atoms. The fraction of sp³-hybridized carbons (Fsp3) is 0.133. The maximum atomic E-state index is 4.45. The number of hydrogen-bond donors (Lipinski definition) is 1. The second kappa shape index (κ2) is 5.85. The first kappa shape index (κ1) is 11.4. The van der Waals surface area contributed by atoms with Crippen LogP contribution in [0.1, 0.15) is 18.9 Å². The molecule has 0 saturated carbocycles. The Morgan fingerprint density at radius 3 is 2.12 bits per heavy atom. The van der Waals surface area contributed by atoms with Gasteiger partial charge >= 0.3 is 0 Å². The van der Waals surface area contributed by atoms with Gasteiger partial charge in [-0.05, 0) is 24.1 Å². The third kappa shape index (κ3) is 3.18. The van der Waals surface area contributed by atoms with Crippen LogP contribution in [0, 0.1) is 0 Å². The minimum atomic E-state index is 0.907. The molecule has 2 rings (SSSR count). The van der Waals surface area contributed by atoms with Crippen LogP contribution < -0.4 is 5.43 Å².